The lowest BCUT2D eigenvalue weighted by atomic mass is 10.0. The van der Waals surface area contributed by atoms with E-state index in [1.807, 2.05) is 30.3 Å². The second-order valence-corrected chi connectivity index (χ2v) is 7.33. The molecular weight excluding hydrogens is 328 g/mol. The molecule has 6 nitrogen and oxygen atoms in total. The highest BCUT2D eigenvalue weighted by Gasteiger charge is 2.29. The fourth-order valence-electron chi connectivity index (χ4n) is 2.78. The number of nitrogens with one attached hydrogen (secondary N) is 1. The molecular formula is C17H20N2O4S. The van der Waals surface area contributed by atoms with Gasteiger partial charge in [0.05, 0.1) is 12.8 Å². The zero-order valence-corrected chi connectivity index (χ0v) is 14.2. The standard InChI is InChI=1S/C17H20N2O4S/c1-23-15-4-2-3-13(11-15)5-6-14-7-8-16(17(20)12-14)19-10-9-18-24(19,21)22/h2-4,7-8,11-12,18,20H,5-6,9-10H2,1H3. The van der Waals surface area contributed by atoms with E-state index in [1.54, 1.807) is 19.2 Å². The van der Waals surface area contributed by atoms with E-state index in [0.29, 0.717) is 18.8 Å². The maximum Gasteiger partial charge on any atom is 0.301 e. The van der Waals surface area contributed by atoms with Crippen molar-refractivity contribution in [2.75, 3.05) is 24.5 Å². The maximum absolute atomic E-state index is 11.9. The van der Waals surface area contributed by atoms with Crippen LogP contribution in [-0.4, -0.2) is 33.7 Å². The fraction of sp³-hybridized carbons (Fsp3) is 0.294. The van der Waals surface area contributed by atoms with Gasteiger partial charge in [-0.15, -0.1) is 0 Å². The van der Waals surface area contributed by atoms with E-state index in [4.69, 9.17) is 4.74 Å². The van der Waals surface area contributed by atoms with Crippen molar-refractivity contribution in [1.82, 2.24) is 4.72 Å². The van der Waals surface area contributed by atoms with Crippen LogP contribution in [0, 0.1) is 0 Å². The van der Waals surface area contributed by atoms with E-state index in [2.05, 4.69) is 4.72 Å². The summed E-state index contributed by atoms with van der Waals surface area (Å²) in [4.78, 5) is 0. The Morgan fingerprint density at radius 1 is 1.17 bits per heavy atom. The van der Waals surface area contributed by atoms with Gasteiger partial charge >= 0.3 is 10.2 Å². The minimum absolute atomic E-state index is 0.0228. The van der Waals surface area contributed by atoms with Crippen molar-refractivity contribution in [1.29, 1.82) is 0 Å². The summed E-state index contributed by atoms with van der Waals surface area (Å²) >= 11 is 0. The zero-order valence-electron chi connectivity index (χ0n) is 13.4. The van der Waals surface area contributed by atoms with Crippen LogP contribution < -0.4 is 13.8 Å². The van der Waals surface area contributed by atoms with E-state index >= 15 is 0 Å². The van der Waals surface area contributed by atoms with Crippen LogP contribution in [0.2, 0.25) is 0 Å². The number of rotatable bonds is 5. The summed E-state index contributed by atoms with van der Waals surface area (Å²) in [6.45, 7) is 0.665. The first-order chi connectivity index (χ1) is 11.5. The molecule has 0 aliphatic carbocycles. The first-order valence-corrected chi connectivity index (χ1v) is 9.16. The smallest absolute Gasteiger partial charge is 0.301 e. The number of ether oxygens (including phenoxy) is 1. The SMILES string of the molecule is COc1cccc(CCc2ccc(N3CCNS3(=O)=O)c(O)c2)c1. The Morgan fingerprint density at radius 2 is 1.92 bits per heavy atom. The molecule has 1 aliphatic rings. The van der Waals surface area contributed by atoms with Gasteiger partial charge in [-0.2, -0.15) is 13.1 Å². The molecule has 1 aliphatic heterocycles. The van der Waals surface area contributed by atoms with Crippen molar-refractivity contribution < 1.29 is 18.3 Å². The molecule has 0 unspecified atom stereocenters. The van der Waals surface area contributed by atoms with Gasteiger partial charge in [-0.3, -0.25) is 4.31 Å². The Kier molecular flexibility index (Phi) is 4.64. The number of phenols is 1. The molecule has 0 spiro atoms. The Balaban J connectivity index is 1.73. The summed E-state index contributed by atoms with van der Waals surface area (Å²) in [5.41, 5.74) is 2.40. The molecule has 128 valence electrons. The molecule has 24 heavy (non-hydrogen) atoms. The predicted octanol–water partition coefficient (Wildman–Crippen LogP) is 1.84. The quantitative estimate of drug-likeness (QED) is 0.864. The van der Waals surface area contributed by atoms with Crippen LogP contribution >= 0.6 is 0 Å². The Hall–Kier alpha value is -2.25. The van der Waals surface area contributed by atoms with Gasteiger partial charge in [0.2, 0.25) is 0 Å². The van der Waals surface area contributed by atoms with Gasteiger partial charge in [-0.1, -0.05) is 18.2 Å². The number of hydrogen-bond acceptors (Lipinski definition) is 4. The number of benzene rings is 2. The molecule has 2 aromatic rings. The molecule has 0 radical (unpaired) electrons. The monoisotopic (exact) mass is 348 g/mol. The van der Waals surface area contributed by atoms with Crippen LogP contribution in [0.3, 0.4) is 0 Å². The van der Waals surface area contributed by atoms with Crippen LogP contribution in [0.1, 0.15) is 11.1 Å². The number of aromatic hydroxyl groups is 1. The van der Waals surface area contributed by atoms with Gasteiger partial charge in [0, 0.05) is 13.1 Å². The summed E-state index contributed by atoms with van der Waals surface area (Å²) < 4.78 is 32.5. The number of phenolic OH excluding ortho intramolecular Hbond substituents is 1. The zero-order chi connectivity index (χ0) is 17.2. The minimum atomic E-state index is -3.53. The molecule has 2 aromatic carbocycles. The van der Waals surface area contributed by atoms with Gasteiger partial charge in [0.25, 0.3) is 0 Å². The van der Waals surface area contributed by atoms with E-state index in [0.717, 1.165) is 29.7 Å². The number of aryl methyl sites for hydroxylation is 2. The van der Waals surface area contributed by atoms with Gasteiger partial charge in [-0.25, -0.2) is 0 Å². The van der Waals surface area contributed by atoms with Gasteiger partial charge in [-0.05, 0) is 48.2 Å². The van der Waals surface area contributed by atoms with Crippen LogP contribution in [0.15, 0.2) is 42.5 Å². The molecule has 7 heteroatoms. The van der Waals surface area contributed by atoms with E-state index in [1.165, 1.54) is 4.31 Å². The van der Waals surface area contributed by atoms with Crippen LogP contribution in [0.25, 0.3) is 0 Å². The topological polar surface area (TPSA) is 78.9 Å². The lowest BCUT2D eigenvalue weighted by Crippen LogP contribution is -2.29. The first kappa shape index (κ1) is 16.6. The molecule has 0 bridgehead atoms. The second kappa shape index (κ2) is 6.70. The van der Waals surface area contributed by atoms with Crippen molar-refractivity contribution in [2.45, 2.75) is 12.8 Å². The molecule has 0 atom stereocenters. The maximum atomic E-state index is 11.9. The second-order valence-electron chi connectivity index (χ2n) is 5.65. The van der Waals surface area contributed by atoms with Crippen LogP contribution in [0.5, 0.6) is 11.5 Å². The summed E-state index contributed by atoms with van der Waals surface area (Å²) in [7, 11) is -1.89. The summed E-state index contributed by atoms with van der Waals surface area (Å²) in [5, 5.41) is 10.2. The van der Waals surface area contributed by atoms with E-state index in [9.17, 15) is 13.5 Å². The third-order valence-electron chi connectivity index (χ3n) is 4.03. The molecule has 0 amide bonds. The van der Waals surface area contributed by atoms with Crippen molar-refractivity contribution in [2.24, 2.45) is 0 Å². The summed E-state index contributed by atoms with van der Waals surface area (Å²) in [5.74, 6) is 0.794. The Labute approximate surface area is 141 Å². The summed E-state index contributed by atoms with van der Waals surface area (Å²) in [6.07, 6.45) is 1.55. The molecule has 2 N–H and O–H groups in total. The number of nitrogens with zero attached hydrogens (tertiary/aromatic N) is 1. The molecule has 0 saturated carbocycles. The fourth-order valence-corrected chi connectivity index (χ4v) is 4.03. The average Bonchev–Trinajstić information content (AvgIpc) is 2.92. The van der Waals surface area contributed by atoms with Gasteiger partial charge in [0.1, 0.15) is 11.5 Å². The van der Waals surface area contributed by atoms with E-state index in [-0.39, 0.29) is 5.75 Å². The Bertz CT molecular complexity index is 836. The number of hydrogen-bond donors (Lipinski definition) is 2. The minimum Gasteiger partial charge on any atom is -0.506 e. The normalized spacial score (nSPS) is 16.3. The summed E-state index contributed by atoms with van der Waals surface area (Å²) in [6, 6.07) is 13.0. The molecule has 0 aromatic heterocycles. The Morgan fingerprint density at radius 3 is 2.54 bits per heavy atom. The van der Waals surface area contributed by atoms with Crippen LogP contribution in [-0.2, 0) is 23.1 Å². The average molecular weight is 348 g/mol. The molecule has 1 fully saturated rings. The van der Waals surface area contributed by atoms with Crippen molar-refractivity contribution in [3.8, 4) is 11.5 Å². The first-order valence-electron chi connectivity index (χ1n) is 7.72. The molecule has 1 saturated heterocycles. The van der Waals surface area contributed by atoms with Gasteiger partial charge < -0.3 is 9.84 Å². The lowest BCUT2D eigenvalue weighted by Gasteiger charge is -2.17. The lowest BCUT2D eigenvalue weighted by molar-refractivity contribution is 0.414. The highest BCUT2D eigenvalue weighted by atomic mass is 32.2. The van der Waals surface area contributed by atoms with Crippen molar-refractivity contribution in [3.05, 3.63) is 53.6 Å². The van der Waals surface area contributed by atoms with Crippen molar-refractivity contribution in [3.63, 3.8) is 0 Å². The number of anilines is 1. The third kappa shape index (κ3) is 3.47. The molecule has 3 rings (SSSR count). The third-order valence-corrected chi connectivity index (χ3v) is 5.56. The number of methoxy groups -OCH3 is 1. The van der Waals surface area contributed by atoms with E-state index < -0.39 is 10.2 Å². The van der Waals surface area contributed by atoms with Gasteiger partial charge in [0.15, 0.2) is 0 Å². The predicted molar refractivity (Wildman–Crippen MR) is 92.8 cm³/mol. The largest absolute Gasteiger partial charge is 0.506 e. The highest BCUT2D eigenvalue weighted by molar-refractivity contribution is 7.91. The van der Waals surface area contributed by atoms with Crippen LogP contribution in [0.4, 0.5) is 5.69 Å². The van der Waals surface area contributed by atoms with Crippen molar-refractivity contribution >= 4 is 15.9 Å². The molecule has 1 heterocycles. The highest BCUT2D eigenvalue weighted by Crippen LogP contribution is 2.31.